The number of nitrogens with zero attached hydrogens (tertiary/aromatic N) is 3. The molecule has 3 heterocycles. The molecule has 0 saturated heterocycles. The van der Waals surface area contributed by atoms with Crippen LogP contribution in [-0.4, -0.2) is 29.3 Å². The van der Waals surface area contributed by atoms with Crippen LogP contribution >= 0.6 is 11.3 Å². The normalized spacial score (nSPS) is 15.3. The van der Waals surface area contributed by atoms with Gasteiger partial charge in [-0.1, -0.05) is 0 Å². The Morgan fingerprint density at radius 3 is 2.77 bits per heavy atom. The number of fused-ring (bicyclic) bond motifs is 1. The van der Waals surface area contributed by atoms with Gasteiger partial charge in [-0.3, -0.25) is 0 Å². The molecule has 1 aliphatic heterocycles. The van der Waals surface area contributed by atoms with E-state index in [1.807, 2.05) is 20.0 Å². The topological polar surface area (TPSA) is 55.2 Å². The predicted molar refractivity (Wildman–Crippen MR) is 87.6 cm³/mol. The van der Waals surface area contributed by atoms with Crippen LogP contribution in [0.25, 0.3) is 0 Å². The Morgan fingerprint density at radius 2 is 2.14 bits per heavy atom. The Morgan fingerprint density at radius 1 is 1.36 bits per heavy atom. The molecule has 0 bridgehead atoms. The van der Waals surface area contributed by atoms with Gasteiger partial charge in [-0.2, -0.15) is 4.31 Å². The molecule has 0 saturated carbocycles. The van der Waals surface area contributed by atoms with E-state index >= 15 is 0 Å². The SMILES string of the molecule is Cc1cc(S(=O)(=O)N(C)Cc2cn3c(n2)CCCC3)c(C)s1. The predicted octanol–water partition coefficient (Wildman–Crippen LogP) is 2.72. The summed E-state index contributed by atoms with van der Waals surface area (Å²) in [4.78, 5) is 6.86. The average Bonchev–Trinajstić information content (AvgIpc) is 3.01. The van der Waals surface area contributed by atoms with E-state index in [-0.39, 0.29) is 0 Å². The molecule has 0 radical (unpaired) electrons. The van der Waals surface area contributed by atoms with Gasteiger partial charge in [-0.05, 0) is 32.8 Å². The monoisotopic (exact) mass is 339 g/mol. The van der Waals surface area contributed by atoms with Crippen LogP contribution in [0.2, 0.25) is 0 Å². The second-order valence-corrected chi connectivity index (χ2v) is 9.31. The molecule has 3 rings (SSSR count). The Labute approximate surface area is 135 Å². The highest BCUT2D eigenvalue weighted by atomic mass is 32.2. The minimum atomic E-state index is -3.45. The molecule has 0 unspecified atom stereocenters. The van der Waals surface area contributed by atoms with E-state index in [4.69, 9.17) is 0 Å². The third-order valence-corrected chi connectivity index (χ3v) is 7.05. The van der Waals surface area contributed by atoms with Gasteiger partial charge in [0.1, 0.15) is 5.82 Å². The van der Waals surface area contributed by atoms with Crippen molar-refractivity contribution in [3.05, 3.63) is 33.5 Å². The van der Waals surface area contributed by atoms with Crippen molar-refractivity contribution in [3.8, 4) is 0 Å². The van der Waals surface area contributed by atoms with Crippen LogP contribution in [-0.2, 0) is 29.5 Å². The summed E-state index contributed by atoms with van der Waals surface area (Å²) in [5.74, 6) is 1.08. The van der Waals surface area contributed by atoms with Crippen molar-refractivity contribution in [2.75, 3.05) is 7.05 Å². The fraction of sp³-hybridized carbons (Fsp3) is 0.533. The summed E-state index contributed by atoms with van der Waals surface area (Å²) in [7, 11) is -1.83. The molecule has 120 valence electrons. The molecule has 0 spiro atoms. The maximum atomic E-state index is 12.7. The molecular weight excluding hydrogens is 318 g/mol. The van der Waals surface area contributed by atoms with Crippen molar-refractivity contribution in [2.45, 2.75) is 51.1 Å². The van der Waals surface area contributed by atoms with Gasteiger partial charge in [0.2, 0.25) is 10.0 Å². The lowest BCUT2D eigenvalue weighted by Gasteiger charge is -2.15. The minimum Gasteiger partial charge on any atom is -0.335 e. The van der Waals surface area contributed by atoms with Gasteiger partial charge in [0, 0.05) is 36.0 Å². The van der Waals surface area contributed by atoms with Crippen molar-refractivity contribution >= 4 is 21.4 Å². The van der Waals surface area contributed by atoms with Crippen molar-refractivity contribution in [1.82, 2.24) is 13.9 Å². The summed E-state index contributed by atoms with van der Waals surface area (Å²) in [5.41, 5.74) is 0.826. The Balaban J connectivity index is 1.83. The first kappa shape index (κ1) is 15.7. The van der Waals surface area contributed by atoms with E-state index in [0.717, 1.165) is 40.7 Å². The molecule has 0 aliphatic carbocycles. The summed E-state index contributed by atoms with van der Waals surface area (Å²) in [5, 5.41) is 0. The van der Waals surface area contributed by atoms with E-state index in [9.17, 15) is 8.42 Å². The van der Waals surface area contributed by atoms with Crippen molar-refractivity contribution in [3.63, 3.8) is 0 Å². The summed E-state index contributed by atoms with van der Waals surface area (Å²) in [6, 6.07) is 1.75. The molecule has 22 heavy (non-hydrogen) atoms. The number of thiophene rings is 1. The third-order valence-electron chi connectivity index (χ3n) is 4.03. The summed E-state index contributed by atoms with van der Waals surface area (Å²) >= 11 is 1.52. The number of aryl methyl sites for hydroxylation is 4. The van der Waals surface area contributed by atoms with Gasteiger partial charge in [0.15, 0.2) is 0 Å². The van der Waals surface area contributed by atoms with Crippen molar-refractivity contribution < 1.29 is 8.42 Å². The van der Waals surface area contributed by atoms with Crippen LogP contribution in [0.1, 0.15) is 34.1 Å². The van der Waals surface area contributed by atoms with E-state index in [1.54, 1.807) is 13.1 Å². The maximum absolute atomic E-state index is 12.7. The Bertz CT molecular complexity index is 766. The molecule has 2 aromatic heterocycles. The molecule has 5 nitrogen and oxygen atoms in total. The lowest BCUT2D eigenvalue weighted by molar-refractivity contribution is 0.462. The number of imidazole rings is 1. The fourth-order valence-electron chi connectivity index (χ4n) is 2.89. The minimum absolute atomic E-state index is 0.316. The van der Waals surface area contributed by atoms with Crippen LogP contribution < -0.4 is 0 Å². The number of aromatic nitrogens is 2. The number of rotatable bonds is 4. The van der Waals surface area contributed by atoms with Crippen LogP contribution in [0, 0.1) is 13.8 Å². The molecule has 1 aliphatic rings. The highest BCUT2D eigenvalue weighted by Gasteiger charge is 2.25. The molecule has 7 heteroatoms. The Hall–Kier alpha value is -1.18. The van der Waals surface area contributed by atoms with Gasteiger partial charge in [-0.25, -0.2) is 13.4 Å². The van der Waals surface area contributed by atoms with Gasteiger partial charge in [0.25, 0.3) is 0 Å². The maximum Gasteiger partial charge on any atom is 0.244 e. The largest absolute Gasteiger partial charge is 0.335 e. The lowest BCUT2D eigenvalue weighted by Crippen LogP contribution is -2.26. The van der Waals surface area contributed by atoms with Crippen LogP contribution in [0.15, 0.2) is 17.2 Å². The van der Waals surface area contributed by atoms with E-state index in [2.05, 4.69) is 9.55 Å². The molecule has 2 aromatic rings. The summed E-state index contributed by atoms with van der Waals surface area (Å²) in [6.45, 7) is 5.09. The quantitative estimate of drug-likeness (QED) is 0.860. The first-order chi connectivity index (χ1) is 10.4. The van der Waals surface area contributed by atoms with E-state index < -0.39 is 10.0 Å². The van der Waals surface area contributed by atoms with Gasteiger partial charge in [-0.15, -0.1) is 11.3 Å². The smallest absolute Gasteiger partial charge is 0.244 e. The summed E-state index contributed by atoms with van der Waals surface area (Å²) < 4.78 is 29.0. The Kier molecular flexibility index (Phi) is 4.13. The zero-order valence-electron chi connectivity index (χ0n) is 13.2. The number of hydrogen-bond donors (Lipinski definition) is 0. The van der Waals surface area contributed by atoms with E-state index in [0.29, 0.717) is 11.4 Å². The molecule has 0 aromatic carbocycles. The number of hydrogen-bond acceptors (Lipinski definition) is 4. The molecule has 0 atom stereocenters. The fourth-order valence-corrected chi connectivity index (χ4v) is 5.55. The standard InChI is InChI=1S/C15H21N3O2S2/c1-11-8-14(12(2)21-11)22(19,20)17(3)9-13-10-18-7-5-4-6-15(18)16-13/h8,10H,4-7,9H2,1-3H3. The molecule has 0 fully saturated rings. The number of sulfonamides is 1. The third kappa shape index (κ3) is 2.85. The summed E-state index contributed by atoms with van der Waals surface area (Å²) in [6.07, 6.45) is 5.31. The highest BCUT2D eigenvalue weighted by Crippen LogP contribution is 2.28. The average molecular weight is 339 g/mol. The van der Waals surface area contributed by atoms with Gasteiger partial charge in [0.05, 0.1) is 17.1 Å². The second kappa shape index (κ2) is 5.79. The van der Waals surface area contributed by atoms with Gasteiger partial charge < -0.3 is 4.57 Å². The second-order valence-electron chi connectivity index (χ2n) is 5.84. The van der Waals surface area contributed by atoms with Crippen molar-refractivity contribution in [2.24, 2.45) is 0 Å². The molecular formula is C15H21N3O2S2. The zero-order valence-corrected chi connectivity index (χ0v) is 14.8. The zero-order chi connectivity index (χ0) is 15.9. The van der Waals surface area contributed by atoms with Crippen LogP contribution in [0.4, 0.5) is 0 Å². The first-order valence-corrected chi connectivity index (χ1v) is 9.72. The van der Waals surface area contributed by atoms with Crippen LogP contribution in [0.5, 0.6) is 0 Å². The lowest BCUT2D eigenvalue weighted by atomic mass is 10.2. The first-order valence-electron chi connectivity index (χ1n) is 7.46. The van der Waals surface area contributed by atoms with Crippen LogP contribution in [0.3, 0.4) is 0 Å². The molecule has 0 amide bonds. The molecule has 0 N–H and O–H groups in total. The highest BCUT2D eigenvalue weighted by molar-refractivity contribution is 7.89. The van der Waals surface area contributed by atoms with E-state index in [1.165, 1.54) is 22.1 Å². The van der Waals surface area contributed by atoms with Crippen molar-refractivity contribution in [1.29, 1.82) is 0 Å². The van der Waals surface area contributed by atoms with Gasteiger partial charge >= 0.3 is 0 Å².